The minimum Gasteiger partial charge on any atom is -0.478 e. The minimum atomic E-state index is -0.961. The molecule has 1 amide bonds. The molecule has 0 spiro atoms. The number of rotatable bonds is 6. The highest BCUT2D eigenvalue weighted by Gasteiger charge is 2.11. The summed E-state index contributed by atoms with van der Waals surface area (Å²) in [5.74, 6) is -1.04. The monoisotopic (exact) mass is 325 g/mol. The van der Waals surface area contributed by atoms with Gasteiger partial charge in [-0.2, -0.15) is 0 Å². The Hall–Kier alpha value is -2.62. The van der Waals surface area contributed by atoms with Crippen LogP contribution in [-0.4, -0.2) is 17.0 Å². The Morgan fingerprint density at radius 1 is 1.04 bits per heavy atom. The van der Waals surface area contributed by atoms with Gasteiger partial charge in [0, 0.05) is 13.0 Å². The highest BCUT2D eigenvalue weighted by atomic mass is 16.4. The van der Waals surface area contributed by atoms with E-state index in [1.54, 1.807) is 24.3 Å². The van der Waals surface area contributed by atoms with Crippen molar-refractivity contribution >= 4 is 11.9 Å². The van der Waals surface area contributed by atoms with Gasteiger partial charge in [0.25, 0.3) is 0 Å². The van der Waals surface area contributed by atoms with Crippen LogP contribution in [0.1, 0.15) is 44.6 Å². The normalized spacial score (nSPS) is 10.5. The van der Waals surface area contributed by atoms with Crippen LogP contribution in [0.2, 0.25) is 0 Å². The number of aryl methyl sites for hydroxylation is 4. The Kier molecular flexibility index (Phi) is 5.74. The molecule has 0 saturated carbocycles. The number of aromatic carboxylic acids is 1. The van der Waals surface area contributed by atoms with Crippen LogP contribution in [0.25, 0.3) is 0 Å². The van der Waals surface area contributed by atoms with Gasteiger partial charge in [-0.25, -0.2) is 4.79 Å². The van der Waals surface area contributed by atoms with E-state index in [1.807, 2.05) is 13.8 Å². The highest BCUT2D eigenvalue weighted by Crippen LogP contribution is 2.16. The van der Waals surface area contributed by atoms with E-state index in [-0.39, 0.29) is 17.9 Å². The van der Waals surface area contributed by atoms with E-state index in [4.69, 9.17) is 5.11 Å². The standard InChI is InChI=1S/C20H23NO3/c1-13-10-14(2)18(15(3)11-13)12-21-19(22)9-8-16-6-4-5-7-17(16)20(23)24/h4-7,10-11H,8-9,12H2,1-3H3,(H,21,22)(H,23,24). The Balaban J connectivity index is 1.95. The summed E-state index contributed by atoms with van der Waals surface area (Å²) in [6, 6.07) is 11.0. The van der Waals surface area contributed by atoms with Crippen LogP contribution in [0, 0.1) is 20.8 Å². The number of hydrogen-bond acceptors (Lipinski definition) is 2. The predicted octanol–water partition coefficient (Wildman–Crippen LogP) is 3.56. The fraction of sp³-hybridized carbons (Fsp3) is 0.300. The predicted molar refractivity (Wildman–Crippen MR) is 94.2 cm³/mol. The third-order valence-corrected chi connectivity index (χ3v) is 4.17. The van der Waals surface area contributed by atoms with Crippen molar-refractivity contribution in [2.45, 2.75) is 40.2 Å². The van der Waals surface area contributed by atoms with E-state index < -0.39 is 5.97 Å². The van der Waals surface area contributed by atoms with Crippen molar-refractivity contribution in [3.8, 4) is 0 Å². The van der Waals surface area contributed by atoms with E-state index in [2.05, 4.69) is 24.4 Å². The van der Waals surface area contributed by atoms with Crippen molar-refractivity contribution in [3.63, 3.8) is 0 Å². The molecule has 2 aromatic rings. The molecule has 0 atom stereocenters. The summed E-state index contributed by atoms with van der Waals surface area (Å²) in [5.41, 5.74) is 5.64. The van der Waals surface area contributed by atoms with Crippen molar-refractivity contribution in [2.75, 3.05) is 0 Å². The average molecular weight is 325 g/mol. The molecular weight excluding hydrogens is 302 g/mol. The van der Waals surface area contributed by atoms with Gasteiger partial charge >= 0.3 is 5.97 Å². The first-order chi connectivity index (χ1) is 11.4. The smallest absolute Gasteiger partial charge is 0.335 e. The van der Waals surface area contributed by atoms with Gasteiger partial charge in [-0.3, -0.25) is 4.79 Å². The lowest BCUT2D eigenvalue weighted by molar-refractivity contribution is -0.121. The molecule has 0 heterocycles. The summed E-state index contributed by atoms with van der Waals surface area (Å²) < 4.78 is 0. The quantitative estimate of drug-likeness (QED) is 0.853. The first-order valence-electron chi connectivity index (χ1n) is 8.03. The van der Waals surface area contributed by atoms with Crippen molar-refractivity contribution in [1.29, 1.82) is 0 Å². The first kappa shape index (κ1) is 17.7. The van der Waals surface area contributed by atoms with Gasteiger partial charge in [-0.1, -0.05) is 35.9 Å². The van der Waals surface area contributed by atoms with Gasteiger partial charge in [-0.05, 0) is 55.5 Å². The van der Waals surface area contributed by atoms with Crippen LogP contribution in [0.15, 0.2) is 36.4 Å². The first-order valence-corrected chi connectivity index (χ1v) is 8.03. The number of hydrogen-bond donors (Lipinski definition) is 2. The third kappa shape index (κ3) is 4.44. The zero-order valence-corrected chi connectivity index (χ0v) is 14.3. The summed E-state index contributed by atoms with van der Waals surface area (Å²) in [4.78, 5) is 23.3. The topological polar surface area (TPSA) is 66.4 Å². The summed E-state index contributed by atoms with van der Waals surface area (Å²) in [7, 11) is 0. The molecule has 24 heavy (non-hydrogen) atoms. The summed E-state index contributed by atoms with van der Waals surface area (Å²) in [6.45, 7) is 6.65. The van der Waals surface area contributed by atoms with Crippen molar-refractivity contribution < 1.29 is 14.7 Å². The molecule has 2 rings (SSSR count). The summed E-state index contributed by atoms with van der Waals surface area (Å²) >= 11 is 0. The Morgan fingerprint density at radius 3 is 2.29 bits per heavy atom. The molecule has 0 bridgehead atoms. The largest absolute Gasteiger partial charge is 0.478 e. The van der Waals surface area contributed by atoms with Gasteiger partial charge in [0.15, 0.2) is 0 Å². The third-order valence-electron chi connectivity index (χ3n) is 4.17. The van der Waals surface area contributed by atoms with E-state index in [9.17, 15) is 9.59 Å². The molecule has 0 aliphatic heterocycles. The maximum absolute atomic E-state index is 12.1. The summed E-state index contributed by atoms with van der Waals surface area (Å²) in [5, 5.41) is 12.1. The zero-order chi connectivity index (χ0) is 17.7. The minimum absolute atomic E-state index is 0.0745. The maximum Gasteiger partial charge on any atom is 0.335 e. The van der Waals surface area contributed by atoms with Crippen molar-refractivity contribution in [2.24, 2.45) is 0 Å². The summed E-state index contributed by atoms with van der Waals surface area (Å²) in [6.07, 6.45) is 0.689. The Morgan fingerprint density at radius 2 is 1.67 bits per heavy atom. The van der Waals surface area contributed by atoms with Gasteiger partial charge in [-0.15, -0.1) is 0 Å². The average Bonchev–Trinajstić information content (AvgIpc) is 2.52. The van der Waals surface area contributed by atoms with E-state index >= 15 is 0 Å². The molecule has 0 fully saturated rings. The fourth-order valence-corrected chi connectivity index (χ4v) is 2.96. The Bertz CT molecular complexity index is 742. The second kappa shape index (κ2) is 7.77. The SMILES string of the molecule is Cc1cc(C)c(CNC(=O)CCc2ccccc2C(=O)O)c(C)c1. The highest BCUT2D eigenvalue weighted by molar-refractivity contribution is 5.89. The van der Waals surface area contributed by atoms with Gasteiger partial charge < -0.3 is 10.4 Å². The molecular formula is C20H23NO3. The van der Waals surface area contributed by atoms with Gasteiger partial charge in [0.05, 0.1) is 5.56 Å². The van der Waals surface area contributed by atoms with Crippen molar-refractivity contribution in [3.05, 3.63) is 69.8 Å². The molecule has 4 heteroatoms. The molecule has 2 aromatic carbocycles. The number of carbonyl (C=O) groups is 2. The molecule has 2 N–H and O–H groups in total. The van der Waals surface area contributed by atoms with Crippen LogP contribution in [0.3, 0.4) is 0 Å². The lowest BCUT2D eigenvalue weighted by Crippen LogP contribution is -2.24. The van der Waals surface area contributed by atoms with E-state index in [1.165, 1.54) is 16.7 Å². The lowest BCUT2D eigenvalue weighted by Gasteiger charge is -2.12. The zero-order valence-electron chi connectivity index (χ0n) is 14.3. The fourth-order valence-electron chi connectivity index (χ4n) is 2.96. The van der Waals surface area contributed by atoms with Gasteiger partial charge in [0.1, 0.15) is 0 Å². The van der Waals surface area contributed by atoms with Crippen LogP contribution in [0.4, 0.5) is 0 Å². The van der Waals surface area contributed by atoms with E-state index in [0.29, 0.717) is 18.5 Å². The molecule has 0 unspecified atom stereocenters. The molecule has 0 aliphatic rings. The second-order valence-corrected chi connectivity index (χ2v) is 6.12. The number of carboxylic acids is 1. The molecule has 0 saturated heterocycles. The van der Waals surface area contributed by atoms with Crippen molar-refractivity contribution in [1.82, 2.24) is 5.32 Å². The molecule has 0 aliphatic carbocycles. The van der Waals surface area contributed by atoms with Crippen LogP contribution >= 0.6 is 0 Å². The molecule has 126 valence electrons. The molecule has 0 radical (unpaired) electrons. The number of carboxylic acid groups (broad SMARTS) is 1. The second-order valence-electron chi connectivity index (χ2n) is 6.12. The van der Waals surface area contributed by atoms with Gasteiger partial charge in [0.2, 0.25) is 5.91 Å². The van der Waals surface area contributed by atoms with E-state index in [0.717, 1.165) is 5.56 Å². The molecule has 4 nitrogen and oxygen atoms in total. The van der Waals surface area contributed by atoms with Crippen LogP contribution in [0.5, 0.6) is 0 Å². The van der Waals surface area contributed by atoms with Crippen LogP contribution in [-0.2, 0) is 17.8 Å². The molecule has 0 aromatic heterocycles. The lowest BCUT2D eigenvalue weighted by atomic mass is 9.99. The number of nitrogens with one attached hydrogen (secondary N) is 1. The maximum atomic E-state index is 12.1. The number of amides is 1. The number of carbonyl (C=O) groups excluding carboxylic acids is 1. The Labute approximate surface area is 142 Å². The van der Waals surface area contributed by atoms with Crippen LogP contribution < -0.4 is 5.32 Å². The number of benzene rings is 2.